The number of amides is 1. The Labute approximate surface area is 190 Å². The summed E-state index contributed by atoms with van der Waals surface area (Å²) in [6.45, 7) is 11.1. The number of likely N-dealkylation sites (tertiary alicyclic amines) is 1. The van der Waals surface area contributed by atoms with E-state index in [4.69, 9.17) is 16.6 Å². The first-order valence-corrected chi connectivity index (χ1v) is 11.8. The SMILES string of the molecule is CCN(CC)CCNC(=O)C1CC2(C1)CN(CC1N=C(c3ccc(Cl)cc3)NN1C)C2. The van der Waals surface area contributed by atoms with Crippen LogP contribution in [0.2, 0.25) is 5.02 Å². The van der Waals surface area contributed by atoms with Crippen molar-refractivity contribution in [2.24, 2.45) is 16.3 Å². The summed E-state index contributed by atoms with van der Waals surface area (Å²) < 4.78 is 0. The first kappa shape index (κ1) is 22.5. The standard InChI is InChI=1S/C23H35ClN6O/c1-4-29(5-2)11-10-25-22(31)18-12-23(13-18)15-30(16-23)14-20-26-21(27-28(20)3)17-6-8-19(24)9-7-17/h6-9,18,20H,4-5,10-16H2,1-3H3,(H,25,31)(H,26,27). The van der Waals surface area contributed by atoms with Gasteiger partial charge in [-0.2, -0.15) is 5.01 Å². The minimum absolute atomic E-state index is 0.0993. The van der Waals surface area contributed by atoms with E-state index in [-0.39, 0.29) is 18.0 Å². The van der Waals surface area contributed by atoms with Gasteiger partial charge in [0.15, 0.2) is 0 Å². The van der Waals surface area contributed by atoms with Gasteiger partial charge in [0, 0.05) is 56.3 Å². The highest BCUT2D eigenvalue weighted by molar-refractivity contribution is 6.30. The second kappa shape index (κ2) is 9.45. The molecule has 0 aromatic heterocycles. The minimum atomic E-state index is 0.0993. The van der Waals surface area contributed by atoms with Crippen LogP contribution in [0.3, 0.4) is 0 Å². The fourth-order valence-electron chi connectivity index (χ4n) is 5.13. The molecule has 4 rings (SSSR count). The van der Waals surface area contributed by atoms with Gasteiger partial charge in [-0.05, 0) is 55.6 Å². The van der Waals surface area contributed by atoms with E-state index < -0.39 is 0 Å². The van der Waals surface area contributed by atoms with Crippen molar-refractivity contribution in [2.45, 2.75) is 32.9 Å². The Hall–Kier alpha value is -1.67. The number of nitrogens with zero attached hydrogens (tertiary/aromatic N) is 4. The summed E-state index contributed by atoms with van der Waals surface area (Å²) in [5.74, 6) is 1.34. The average molecular weight is 447 g/mol. The summed E-state index contributed by atoms with van der Waals surface area (Å²) in [5, 5.41) is 5.94. The normalized spacial score (nSPS) is 23.4. The number of nitrogens with one attached hydrogen (secondary N) is 2. The summed E-state index contributed by atoms with van der Waals surface area (Å²) in [4.78, 5) is 22.1. The van der Waals surface area contributed by atoms with Gasteiger partial charge < -0.3 is 15.6 Å². The van der Waals surface area contributed by atoms with Gasteiger partial charge in [-0.1, -0.05) is 25.4 Å². The molecule has 170 valence electrons. The number of hydrogen-bond donors (Lipinski definition) is 2. The van der Waals surface area contributed by atoms with Crippen LogP contribution in [0.25, 0.3) is 0 Å². The van der Waals surface area contributed by atoms with Crippen molar-refractivity contribution in [3.63, 3.8) is 0 Å². The molecule has 2 aliphatic heterocycles. The first-order valence-electron chi connectivity index (χ1n) is 11.5. The largest absolute Gasteiger partial charge is 0.355 e. The molecule has 1 spiro atoms. The molecule has 1 amide bonds. The topological polar surface area (TPSA) is 63.2 Å². The molecule has 0 radical (unpaired) electrons. The lowest BCUT2D eigenvalue weighted by atomic mass is 9.57. The van der Waals surface area contributed by atoms with Crippen LogP contribution < -0.4 is 10.7 Å². The molecule has 8 heteroatoms. The molecular formula is C23H35ClN6O. The van der Waals surface area contributed by atoms with Crippen molar-refractivity contribution in [1.29, 1.82) is 0 Å². The van der Waals surface area contributed by atoms with Crippen LogP contribution in [-0.4, -0.2) is 85.6 Å². The van der Waals surface area contributed by atoms with Gasteiger partial charge in [-0.3, -0.25) is 9.69 Å². The van der Waals surface area contributed by atoms with E-state index in [0.29, 0.717) is 5.41 Å². The molecule has 1 aromatic carbocycles. The lowest BCUT2D eigenvalue weighted by Gasteiger charge is -2.59. The number of hydrogen-bond acceptors (Lipinski definition) is 6. The van der Waals surface area contributed by atoms with Gasteiger partial charge >= 0.3 is 0 Å². The fraction of sp³-hybridized carbons (Fsp3) is 0.652. The van der Waals surface area contributed by atoms with Crippen LogP contribution in [0.1, 0.15) is 32.3 Å². The molecule has 0 bridgehead atoms. The number of aliphatic imine (C=N–C) groups is 1. The third kappa shape index (κ3) is 5.06. The van der Waals surface area contributed by atoms with Crippen molar-refractivity contribution in [1.82, 2.24) is 25.6 Å². The summed E-state index contributed by atoms with van der Waals surface area (Å²) in [7, 11) is 2.04. The summed E-state index contributed by atoms with van der Waals surface area (Å²) in [5.41, 5.74) is 4.76. The van der Waals surface area contributed by atoms with Crippen molar-refractivity contribution in [3.8, 4) is 0 Å². The van der Waals surface area contributed by atoms with Crippen molar-refractivity contribution >= 4 is 23.3 Å². The number of rotatable bonds is 9. The van der Waals surface area contributed by atoms with Gasteiger partial charge in [0.2, 0.25) is 5.91 Å². The Bertz CT molecular complexity index is 795. The summed E-state index contributed by atoms with van der Waals surface area (Å²) in [6.07, 6.45) is 2.15. The highest BCUT2D eigenvalue weighted by Gasteiger charge is 2.54. The third-order valence-electron chi connectivity index (χ3n) is 7.02. The maximum Gasteiger partial charge on any atom is 0.223 e. The van der Waals surface area contributed by atoms with Gasteiger partial charge in [0.1, 0.15) is 12.0 Å². The number of benzene rings is 1. The van der Waals surface area contributed by atoms with Crippen molar-refractivity contribution in [3.05, 3.63) is 34.9 Å². The molecule has 1 atom stereocenters. The Morgan fingerprint density at radius 2 is 1.94 bits per heavy atom. The molecule has 1 unspecified atom stereocenters. The molecular weight excluding hydrogens is 412 g/mol. The molecule has 31 heavy (non-hydrogen) atoms. The first-order chi connectivity index (χ1) is 14.9. The van der Waals surface area contributed by atoms with E-state index in [2.05, 4.69) is 39.4 Å². The van der Waals surface area contributed by atoms with Crippen LogP contribution in [0, 0.1) is 11.3 Å². The van der Waals surface area contributed by atoms with Crippen LogP contribution in [0.5, 0.6) is 0 Å². The smallest absolute Gasteiger partial charge is 0.223 e. The zero-order chi connectivity index (χ0) is 22.0. The van der Waals surface area contributed by atoms with E-state index >= 15 is 0 Å². The monoisotopic (exact) mass is 446 g/mol. The minimum Gasteiger partial charge on any atom is -0.355 e. The summed E-state index contributed by atoms with van der Waals surface area (Å²) >= 11 is 5.99. The molecule has 2 N–H and O–H groups in total. The molecule has 1 saturated carbocycles. The maximum atomic E-state index is 12.4. The van der Waals surface area contributed by atoms with Gasteiger partial charge in [0.05, 0.1) is 0 Å². The van der Waals surface area contributed by atoms with Crippen LogP contribution in [-0.2, 0) is 4.79 Å². The Balaban J connectivity index is 1.18. The second-order valence-corrected chi connectivity index (χ2v) is 9.72. The van der Waals surface area contributed by atoms with E-state index in [1.165, 1.54) is 0 Å². The van der Waals surface area contributed by atoms with Gasteiger partial charge in [0.25, 0.3) is 0 Å². The highest BCUT2D eigenvalue weighted by Crippen LogP contribution is 2.52. The number of carbonyl (C=O) groups excluding carboxylic acids is 1. The van der Waals surface area contributed by atoms with E-state index in [0.717, 1.165) is 75.1 Å². The molecule has 1 aliphatic carbocycles. The second-order valence-electron chi connectivity index (χ2n) is 9.28. The number of halogens is 1. The Kier molecular flexibility index (Phi) is 6.86. The molecule has 7 nitrogen and oxygen atoms in total. The lowest BCUT2D eigenvalue weighted by Crippen LogP contribution is -2.65. The molecule has 1 aromatic rings. The van der Waals surface area contributed by atoms with E-state index in [9.17, 15) is 4.79 Å². The number of carbonyl (C=O) groups is 1. The zero-order valence-corrected chi connectivity index (χ0v) is 19.7. The van der Waals surface area contributed by atoms with Crippen LogP contribution in [0.4, 0.5) is 0 Å². The third-order valence-corrected chi connectivity index (χ3v) is 7.27. The number of hydrazine groups is 1. The molecule has 1 saturated heterocycles. The zero-order valence-electron chi connectivity index (χ0n) is 18.9. The quantitative estimate of drug-likeness (QED) is 0.607. The molecule has 2 heterocycles. The van der Waals surface area contributed by atoms with E-state index in [1.54, 1.807) is 0 Å². The molecule has 3 aliphatic rings. The molecule has 2 fully saturated rings. The van der Waals surface area contributed by atoms with Crippen molar-refractivity contribution in [2.75, 3.05) is 52.9 Å². The number of amidine groups is 1. The Morgan fingerprint density at radius 1 is 1.26 bits per heavy atom. The predicted octanol–water partition coefficient (Wildman–Crippen LogP) is 2.03. The number of likely N-dealkylation sites (N-methyl/N-ethyl adjacent to an activating group) is 2. The fourth-order valence-corrected chi connectivity index (χ4v) is 5.26. The van der Waals surface area contributed by atoms with Gasteiger partial charge in [-0.15, -0.1) is 0 Å². The Morgan fingerprint density at radius 3 is 2.58 bits per heavy atom. The van der Waals surface area contributed by atoms with Crippen molar-refractivity contribution < 1.29 is 4.79 Å². The van der Waals surface area contributed by atoms with Gasteiger partial charge in [-0.25, -0.2) is 4.99 Å². The van der Waals surface area contributed by atoms with Crippen LogP contribution in [0.15, 0.2) is 29.3 Å². The van der Waals surface area contributed by atoms with E-state index in [1.807, 2.05) is 31.3 Å². The predicted molar refractivity (Wildman–Crippen MR) is 125 cm³/mol. The maximum absolute atomic E-state index is 12.4. The lowest BCUT2D eigenvalue weighted by molar-refractivity contribution is -0.145. The summed E-state index contributed by atoms with van der Waals surface area (Å²) in [6, 6.07) is 7.76. The average Bonchev–Trinajstić information content (AvgIpc) is 3.06. The van der Waals surface area contributed by atoms with Crippen LogP contribution >= 0.6 is 11.6 Å². The highest BCUT2D eigenvalue weighted by atomic mass is 35.5.